The lowest BCUT2D eigenvalue weighted by atomic mass is 10.1. The Labute approximate surface area is 104 Å². The van der Waals surface area contributed by atoms with E-state index in [1.54, 1.807) is 6.20 Å². The van der Waals surface area contributed by atoms with E-state index in [-0.39, 0.29) is 5.56 Å². The van der Waals surface area contributed by atoms with Crippen molar-refractivity contribution >= 4 is 10.9 Å². The molecule has 2 aromatic heterocycles. The van der Waals surface area contributed by atoms with Crippen molar-refractivity contribution in [3.8, 4) is 0 Å². The van der Waals surface area contributed by atoms with Crippen LogP contribution in [0.5, 0.6) is 0 Å². The summed E-state index contributed by atoms with van der Waals surface area (Å²) in [6.45, 7) is 1.96. The largest absolute Gasteiger partial charge is 0.358 e. The van der Waals surface area contributed by atoms with E-state index in [9.17, 15) is 4.79 Å². The maximum Gasteiger partial charge on any atom is 0.257 e. The minimum atomic E-state index is -0.0360. The molecule has 0 saturated carbocycles. The maximum absolute atomic E-state index is 11.7. The molecule has 0 aliphatic heterocycles. The fourth-order valence-corrected chi connectivity index (χ4v) is 2.28. The second-order valence-electron chi connectivity index (χ2n) is 4.55. The third kappa shape index (κ3) is 1.84. The van der Waals surface area contributed by atoms with Crippen molar-refractivity contribution in [2.24, 2.45) is 0 Å². The first-order valence-electron chi connectivity index (χ1n) is 5.98. The minimum Gasteiger partial charge on any atom is -0.358 e. The summed E-state index contributed by atoms with van der Waals surface area (Å²) in [5.41, 5.74) is 4.27. The monoisotopic (exact) mass is 238 g/mol. The first-order chi connectivity index (χ1) is 8.74. The zero-order valence-electron chi connectivity index (χ0n) is 10.2. The molecule has 0 unspecified atom stereocenters. The Kier molecular flexibility index (Phi) is 2.52. The Hall–Kier alpha value is -2.29. The van der Waals surface area contributed by atoms with Crippen LogP contribution >= 0.6 is 0 Å². The number of aryl methyl sites for hydroxylation is 1. The third-order valence-electron chi connectivity index (χ3n) is 3.13. The van der Waals surface area contributed by atoms with Crippen LogP contribution in [-0.2, 0) is 6.42 Å². The molecule has 3 aromatic rings. The average Bonchev–Trinajstić information content (AvgIpc) is 2.77. The lowest BCUT2D eigenvalue weighted by Crippen LogP contribution is -2.06. The quantitative estimate of drug-likeness (QED) is 0.708. The number of aromatic nitrogens is 2. The van der Waals surface area contributed by atoms with Gasteiger partial charge in [-0.2, -0.15) is 0 Å². The molecule has 3 nitrogen and oxygen atoms in total. The van der Waals surface area contributed by atoms with Crippen molar-refractivity contribution in [3.63, 3.8) is 0 Å². The number of H-pyrrole nitrogens is 2. The molecule has 18 heavy (non-hydrogen) atoms. The summed E-state index contributed by atoms with van der Waals surface area (Å²) < 4.78 is 0. The van der Waals surface area contributed by atoms with Gasteiger partial charge >= 0.3 is 0 Å². The van der Waals surface area contributed by atoms with Crippen LogP contribution in [0.25, 0.3) is 10.9 Å². The number of nitrogens with one attached hydrogen (secondary N) is 2. The number of pyridine rings is 1. The van der Waals surface area contributed by atoms with Crippen molar-refractivity contribution < 1.29 is 0 Å². The van der Waals surface area contributed by atoms with Gasteiger partial charge in [0.15, 0.2) is 0 Å². The van der Waals surface area contributed by atoms with Crippen LogP contribution in [0.4, 0.5) is 0 Å². The fourth-order valence-electron chi connectivity index (χ4n) is 2.28. The smallest absolute Gasteiger partial charge is 0.257 e. The second-order valence-corrected chi connectivity index (χ2v) is 4.55. The van der Waals surface area contributed by atoms with Gasteiger partial charge in [0.05, 0.1) is 10.9 Å². The Bertz CT molecular complexity index is 738. The summed E-state index contributed by atoms with van der Waals surface area (Å²) in [6.07, 6.45) is 2.61. The highest BCUT2D eigenvalue weighted by Crippen LogP contribution is 2.18. The van der Waals surface area contributed by atoms with E-state index in [1.165, 1.54) is 5.56 Å². The van der Waals surface area contributed by atoms with Gasteiger partial charge in [-0.3, -0.25) is 4.79 Å². The molecule has 3 heteroatoms. The van der Waals surface area contributed by atoms with Gasteiger partial charge in [-0.15, -0.1) is 0 Å². The summed E-state index contributed by atoms with van der Waals surface area (Å²) in [5.74, 6) is 0. The second kappa shape index (κ2) is 4.18. The van der Waals surface area contributed by atoms with E-state index in [1.807, 2.05) is 31.2 Å². The molecule has 0 saturated heterocycles. The molecule has 0 fully saturated rings. The van der Waals surface area contributed by atoms with Gasteiger partial charge in [0.1, 0.15) is 0 Å². The lowest BCUT2D eigenvalue weighted by Gasteiger charge is -2.03. The highest BCUT2D eigenvalue weighted by Gasteiger charge is 2.07. The predicted octanol–water partition coefficient (Wildman–Crippen LogP) is 2.76. The molecule has 2 heterocycles. The highest BCUT2D eigenvalue weighted by molar-refractivity contribution is 5.82. The van der Waals surface area contributed by atoms with E-state index in [2.05, 4.69) is 22.1 Å². The number of hydrogen-bond donors (Lipinski definition) is 2. The normalized spacial score (nSPS) is 10.9. The van der Waals surface area contributed by atoms with Gasteiger partial charge in [-0.1, -0.05) is 30.3 Å². The van der Waals surface area contributed by atoms with Crippen molar-refractivity contribution in [2.45, 2.75) is 13.3 Å². The zero-order valence-corrected chi connectivity index (χ0v) is 10.2. The summed E-state index contributed by atoms with van der Waals surface area (Å²) >= 11 is 0. The van der Waals surface area contributed by atoms with Gasteiger partial charge in [-0.25, -0.2) is 0 Å². The van der Waals surface area contributed by atoms with Crippen molar-refractivity contribution in [2.75, 3.05) is 0 Å². The zero-order chi connectivity index (χ0) is 12.5. The van der Waals surface area contributed by atoms with Crippen LogP contribution in [0.15, 0.2) is 47.4 Å². The molecule has 1 aromatic carbocycles. The van der Waals surface area contributed by atoms with Crippen molar-refractivity contribution in [1.82, 2.24) is 9.97 Å². The van der Waals surface area contributed by atoms with Crippen molar-refractivity contribution in [3.05, 3.63) is 69.8 Å². The summed E-state index contributed by atoms with van der Waals surface area (Å²) in [6, 6.07) is 12.1. The van der Waals surface area contributed by atoms with Gasteiger partial charge in [-0.05, 0) is 24.1 Å². The van der Waals surface area contributed by atoms with E-state index in [0.29, 0.717) is 0 Å². The maximum atomic E-state index is 11.7. The van der Waals surface area contributed by atoms with Gasteiger partial charge in [0, 0.05) is 18.3 Å². The van der Waals surface area contributed by atoms with E-state index >= 15 is 0 Å². The van der Waals surface area contributed by atoms with Crippen molar-refractivity contribution in [1.29, 1.82) is 0 Å². The van der Waals surface area contributed by atoms with E-state index in [0.717, 1.165) is 28.6 Å². The highest BCUT2D eigenvalue weighted by atomic mass is 16.1. The molecule has 3 rings (SSSR count). The lowest BCUT2D eigenvalue weighted by molar-refractivity contribution is 1.14. The van der Waals surface area contributed by atoms with Crippen LogP contribution in [0, 0.1) is 6.92 Å². The first-order valence-corrected chi connectivity index (χ1v) is 5.98. The molecule has 2 N–H and O–H groups in total. The van der Waals surface area contributed by atoms with Crippen LogP contribution in [-0.4, -0.2) is 9.97 Å². The number of aromatic amines is 2. The van der Waals surface area contributed by atoms with Gasteiger partial charge in [0.2, 0.25) is 0 Å². The fraction of sp³-hybridized carbons (Fsp3) is 0.133. The summed E-state index contributed by atoms with van der Waals surface area (Å²) in [5, 5.41) is 0.737. The number of benzene rings is 1. The number of fused-ring (bicyclic) bond motifs is 1. The Morgan fingerprint density at radius 2 is 1.94 bits per heavy atom. The van der Waals surface area contributed by atoms with Crippen LogP contribution < -0.4 is 5.56 Å². The van der Waals surface area contributed by atoms with Gasteiger partial charge < -0.3 is 9.97 Å². The SMILES string of the molecule is Cc1cc2c(=O)[nH]cc(Cc3ccccc3)c2[nH]1. The molecule has 0 aliphatic carbocycles. The Balaban J connectivity index is 2.13. The third-order valence-corrected chi connectivity index (χ3v) is 3.13. The average molecular weight is 238 g/mol. The van der Waals surface area contributed by atoms with Gasteiger partial charge in [0.25, 0.3) is 5.56 Å². The Morgan fingerprint density at radius 1 is 1.17 bits per heavy atom. The van der Waals surface area contributed by atoms with Crippen LogP contribution in [0.2, 0.25) is 0 Å². The molecule has 0 radical (unpaired) electrons. The molecule has 0 amide bonds. The van der Waals surface area contributed by atoms with E-state index in [4.69, 9.17) is 0 Å². The Morgan fingerprint density at radius 3 is 2.72 bits per heavy atom. The topological polar surface area (TPSA) is 48.6 Å². The number of hydrogen-bond acceptors (Lipinski definition) is 1. The molecular weight excluding hydrogens is 224 g/mol. The van der Waals surface area contributed by atoms with E-state index < -0.39 is 0 Å². The number of rotatable bonds is 2. The van der Waals surface area contributed by atoms with Crippen LogP contribution in [0.3, 0.4) is 0 Å². The molecule has 0 atom stereocenters. The molecule has 0 bridgehead atoms. The summed E-state index contributed by atoms with van der Waals surface area (Å²) in [7, 11) is 0. The molecule has 0 aliphatic rings. The first kappa shape index (κ1) is 10.8. The van der Waals surface area contributed by atoms with Crippen LogP contribution in [0.1, 0.15) is 16.8 Å². The summed E-state index contributed by atoms with van der Waals surface area (Å²) in [4.78, 5) is 17.8. The minimum absolute atomic E-state index is 0.0360. The molecule has 0 spiro atoms. The molecular formula is C15H14N2O. The predicted molar refractivity (Wildman–Crippen MR) is 72.9 cm³/mol. The molecule has 90 valence electrons. The standard InChI is InChI=1S/C15H14N2O/c1-10-7-13-14(17-10)12(9-16-15(13)18)8-11-5-3-2-4-6-11/h2-7,9,17H,8H2,1H3,(H,16,18).